The van der Waals surface area contributed by atoms with Crippen molar-refractivity contribution in [3.8, 4) is 0 Å². The first-order chi connectivity index (χ1) is 14.3. The number of esters is 1. The number of hydrogen-bond donors (Lipinski definition) is 1. The molecule has 160 valence electrons. The minimum Gasteiger partial charge on any atom is -0.465 e. The van der Waals surface area contributed by atoms with Crippen LogP contribution in [-0.2, 0) is 14.8 Å². The zero-order chi connectivity index (χ0) is 21.7. The van der Waals surface area contributed by atoms with Gasteiger partial charge in [0.15, 0.2) is 0 Å². The minimum absolute atomic E-state index is 0.0482. The molecule has 1 heterocycles. The molecule has 0 bridgehead atoms. The highest BCUT2D eigenvalue weighted by atomic mass is 32.2. The highest BCUT2D eigenvalue weighted by Crippen LogP contribution is 2.20. The first-order valence-corrected chi connectivity index (χ1v) is 11.0. The molecule has 1 saturated heterocycles. The Morgan fingerprint density at radius 1 is 1.10 bits per heavy atom. The van der Waals surface area contributed by atoms with Gasteiger partial charge in [0.1, 0.15) is 5.82 Å². The van der Waals surface area contributed by atoms with Crippen LogP contribution in [0.2, 0.25) is 0 Å². The van der Waals surface area contributed by atoms with Crippen molar-refractivity contribution in [1.29, 1.82) is 0 Å². The number of ether oxygens (including phenoxy) is 1. The second kappa shape index (κ2) is 9.36. The number of halogens is 1. The van der Waals surface area contributed by atoms with Gasteiger partial charge in [-0.3, -0.25) is 4.79 Å². The van der Waals surface area contributed by atoms with Gasteiger partial charge in [-0.05, 0) is 55.2 Å². The van der Waals surface area contributed by atoms with Crippen molar-refractivity contribution in [2.75, 3.05) is 26.7 Å². The Bertz CT molecular complexity index is 1020. The molecule has 0 radical (unpaired) electrons. The molecular weight excluding hydrogens is 411 g/mol. The van der Waals surface area contributed by atoms with Crippen molar-refractivity contribution >= 4 is 21.9 Å². The van der Waals surface area contributed by atoms with E-state index in [0.29, 0.717) is 25.9 Å². The molecule has 2 aromatic rings. The predicted octanol–water partition coefficient (Wildman–Crippen LogP) is 2.44. The fraction of sp³-hybridized carbons (Fsp3) is 0.333. The maximum Gasteiger partial charge on any atom is 0.337 e. The van der Waals surface area contributed by atoms with E-state index in [4.69, 9.17) is 0 Å². The van der Waals surface area contributed by atoms with Crippen LogP contribution in [0.1, 0.15) is 33.6 Å². The topological polar surface area (TPSA) is 92.8 Å². The third-order valence-corrected chi connectivity index (χ3v) is 6.59. The fourth-order valence-electron chi connectivity index (χ4n) is 3.34. The van der Waals surface area contributed by atoms with Gasteiger partial charge in [0.25, 0.3) is 5.91 Å². The molecule has 0 aromatic heterocycles. The number of carbonyl (C=O) groups is 2. The molecule has 1 N–H and O–H groups in total. The van der Waals surface area contributed by atoms with E-state index >= 15 is 0 Å². The monoisotopic (exact) mass is 434 g/mol. The van der Waals surface area contributed by atoms with Crippen LogP contribution in [0.3, 0.4) is 0 Å². The lowest BCUT2D eigenvalue weighted by molar-refractivity contribution is 0.0600. The maximum absolute atomic E-state index is 13.8. The van der Waals surface area contributed by atoms with Crippen molar-refractivity contribution in [3.05, 3.63) is 65.5 Å². The van der Waals surface area contributed by atoms with E-state index in [1.165, 1.54) is 49.6 Å². The fourth-order valence-corrected chi connectivity index (χ4v) is 4.46. The van der Waals surface area contributed by atoms with Gasteiger partial charge in [0.05, 0.1) is 23.1 Å². The minimum atomic E-state index is -3.72. The quantitative estimate of drug-likeness (QED) is 0.705. The molecular formula is C21H23FN2O5S. The molecule has 9 heteroatoms. The molecule has 1 aliphatic rings. The number of benzene rings is 2. The molecule has 0 spiro atoms. The standard InChI is InChI=1S/C21H23FN2O5S/c1-29-21(26)16-6-8-17(9-7-16)30(27,28)23-14-15-10-12-24(13-11-15)20(25)18-4-2-3-5-19(18)22/h2-9,15,23H,10-14H2,1H3. The first-order valence-electron chi connectivity index (χ1n) is 9.53. The van der Waals surface area contributed by atoms with E-state index in [0.717, 1.165) is 0 Å². The molecule has 1 fully saturated rings. The largest absolute Gasteiger partial charge is 0.465 e. The smallest absolute Gasteiger partial charge is 0.337 e. The molecule has 3 rings (SSSR count). The van der Waals surface area contributed by atoms with Crippen LogP contribution >= 0.6 is 0 Å². The van der Waals surface area contributed by atoms with Gasteiger partial charge < -0.3 is 9.64 Å². The van der Waals surface area contributed by atoms with Crippen LogP contribution in [-0.4, -0.2) is 51.9 Å². The van der Waals surface area contributed by atoms with Crippen LogP contribution in [0.4, 0.5) is 4.39 Å². The Labute approximate surface area is 174 Å². The van der Waals surface area contributed by atoms with E-state index in [2.05, 4.69) is 9.46 Å². The third kappa shape index (κ3) is 5.03. The van der Waals surface area contributed by atoms with Crippen molar-refractivity contribution in [2.24, 2.45) is 5.92 Å². The summed E-state index contributed by atoms with van der Waals surface area (Å²) >= 11 is 0. The molecule has 1 amide bonds. The van der Waals surface area contributed by atoms with Gasteiger partial charge in [0, 0.05) is 19.6 Å². The van der Waals surface area contributed by atoms with Crippen molar-refractivity contribution in [1.82, 2.24) is 9.62 Å². The van der Waals surface area contributed by atoms with E-state index in [9.17, 15) is 22.4 Å². The number of rotatable bonds is 6. The number of hydrogen-bond acceptors (Lipinski definition) is 5. The number of nitrogens with zero attached hydrogens (tertiary/aromatic N) is 1. The molecule has 30 heavy (non-hydrogen) atoms. The van der Waals surface area contributed by atoms with E-state index < -0.39 is 21.8 Å². The summed E-state index contributed by atoms with van der Waals surface area (Å²) in [6.45, 7) is 1.11. The number of nitrogens with one attached hydrogen (secondary N) is 1. The molecule has 0 saturated carbocycles. The van der Waals surface area contributed by atoms with E-state index in [-0.39, 0.29) is 34.4 Å². The normalized spacial score (nSPS) is 15.1. The molecule has 0 aliphatic carbocycles. The number of piperidine rings is 1. The summed E-state index contributed by atoms with van der Waals surface area (Å²) in [7, 11) is -2.47. The Morgan fingerprint density at radius 2 is 1.73 bits per heavy atom. The number of sulfonamides is 1. The van der Waals surface area contributed by atoms with Crippen molar-refractivity contribution < 1.29 is 27.1 Å². The summed E-state index contributed by atoms with van der Waals surface area (Å²) in [5, 5.41) is 0. The lowest BCUT2D eigenvalue weighted by Gasteiger charge is -2.32. The van der Waals surface area contributed by atoms with Crippen molar-refractivity contribution in [3.63, 3.8) is 0 Å². The van der Waals surface area contributed by atoms with E-state index in [1.54, 1.807) is 11.0 Å². The summed E-state index contributed by atoms with van der Waals surface area (Å²) in [6, 6.07) is 11.4. The Hall–Kier alpha value is -2.78. The average molecular weight is 434 g/mol. The highest BCUT2D eigenvalue weighted by molar-refractivity contribution is 7.89. The summed E-state index contributed by atoms with van der Waals surface area (Å²) in [4.78, 5) is 25.6. The van der Waals surface area contributed by atoms with Gasteiger partial charge in [-0.25, -0.2) is 22.3 Å². The Morgan fingerprint density at radius 3 is 2.33 bits per heavy atom. The maximum atomic E-state index is 13.8. The molecule has 0 unspecified atom stereocenters. The molecule has 0 atom stereocenters. The van der Waals surface area contributed by atoms with Gasteiger partial charge in [0.2, 0.25) is 10.0 Å². The Balaban J connectivity index is 1.53. The zero-order valence-corrected chi connectivity index (χ0v) is 17.3. The van der Waals surface area contributed by atoms with Gasteiger partial charge in [-0.2, -0.15) is 0 Å². The lowest BCUT2D eigenvalue weighted by atomic mass is 9.96. The van der Waals surface area contributed by atoms with Crippen LogP contribution in [0, 0.1) is 11.7 Å². The van der Waals surface area contributed by atoms with Gasteiger partial charge in [-0.1, -0.05) is 12.1 Å². The molecule has 1 aliphatic heterocycles. The zero-order valence-electron chi connectivity index (χ0n) is 16.5. The Kier molecular flexibility index (Phi) is 6.84. The summed E-state index contributed by atoms with van der Waals surface area (Å²) in [6.07, 6.45) is 1.23. The summed E-state index contributed by atoms with van der Waals surface area (Å²) in [5.74, 6) is -1.36. The van der Waals surface area contributed by atoms with Gasteiger partial charge >= 0.3 is 5.97 Å². The SMILES string of the molecule is COC(=O)c1ccc(S(=O)(=O)NCC2CCN(C(=O)c3ccccc3F)CC2)cc1. The van der Waals surface area contributed by atoms with Crippen LogP contribution < -0.4 is 4.72 Å². The molecule has 2 aromatic carbocycles. The second-order valence-corrected chi connectivity index (χ2v) is 8.85. The number of carbonyl (C=O) groups excluding carboxylic acids is 2. The van der Waals surface area contributed by atoms with Crippen LogP contribution in [0.15, 0.2) is 53.4 Å². The summed E-state index contributed by atoms with van der Waals surface area (Å²) in [5.41, 5.74) is 0.315. The van der Waals surface area contributed by atoms with Crippen LogP contribution in [0.25, 0.3) is 0 Å². The number of methoxy groups -OCH3 is 1. The van der Waals surface area contributed by atoms with Gasteiger partial charge in [-0.15, -0.1) is 0 Å². The van der Waals surface area contributed by atoms with Crippen LogP contribution in [0.5, 0.6) is 0 Å². The van der Waals surface area contributed by atoms with E-state index in [1.807, 2.05) is 0 Å². The predicted molar refractivity (Wildman–Crippen MR) is 108 cm³/mol. The van der Waals surface area contributed by atoms with Crippen molar-refractivity contribution in [2.45, 2.75) is 17.7 Å². The lowest BCUT2D eigenvalue weighted by Crippen LogP contribution is -2.41. The third-order valence-electron chi connectivity index (χ3n) is 5.15. The number of amides is 1. The molecule has 7 nitrogen and oxygen atoms in total. The summed E-state index contributed by atoms with van der Waals surface area (Å²) < 4.78 is 46.0. The average Bonchev–Trinajstić information content (AvgIpc) is 2.77. The first kappa shape index (κ1) is 21.9. The highest BCUT2D eigenvalue weighted by Gasteiger charge is 2.26. The second-order valence-electron chi connectivity index (χ2n) is 7.08. The number of likely N-dealkylation sites (tertiary alicyclic amines) is 1.